The van der Waals surface area contributed by atoms with Crippen molar-refractivity contribution in [2.75, 3.05) is 33.4 Å². The fraction of sp³-hybridized carbons (Fsp3) is 0.500. The molecule has 1 atom stereocenters. The minimum Gasteiger partial charge on any atom is -0.408 e. The molecule has 1 amide bonds. The monoisotopic (exact) mass is 518 g/mol. The molecule has 1 fully saturated rings. The van der Waals surface area contributed by atoms with Crippen molar-refractivity contribution in [3.05, 3.63) is 62.9 Å². The number of benzene rings is 1. The Morgan fingerprint density at radius 1 is 1.24 bits per heavy atom. The topological polar surface area (TPSA) is 80.8 Å². The first-order valence-corrected chi connectivity index (χ1v) is 12.2. The van der Waals surface area contributed by atoms with E-state index in [4.69, 9.17) is 9.15 Å². The molecule has 2 aromatic heterocycles. The molecular formula is C26H29F3N4O4. The average Bonchev–Trinajstić information content (AvgIpc) is 3.38. The summed E-state index contributed by atoms with van der Waals surface area (Å²) in [6.45, 7) is 4.39. The summed E-state index contributed by atoms with van der Waals surface area (Å²) >= 11 is 0. The highest BCUT2D eigenvalue weighted by Gasteiger charge is 2.47. The largest absolute Gasteiger partial charge is 0.419 e. The first-order valence-electron chi connectivity index (χ1n) is 12.2. The molecule has 4 heterocycles. The summed E-state index contributed by atoms with van der Waals surface area (Å²) in [5, 5.41) is 0. The number of carbonyl (C=O) groups is 1. The number of ether oxygens (including phenoxy) is 1. The smallest absolute Gasteiger partial charge is 0.408 e. The lowest BCUT2D eigenvalue weighted by Gasteiger charge is -2.36. The van der Waals surface area contributed by atoms with Crippen LogP contribution in [0, 0.1) is 12.3 Å². The van der Waals surface area contributed by atoms with Gasteiger partial charge in [0.05, 0.1) is 23.1 Å². The molecule has 3 aromatic rings. The third kappa shape index (κ3) is 4.66. The van der Waals surface area contributed by atoms with E-state index in [0.29, 0.717) is 55.9 Å². The van der Waals surface area contributed by atoms with Crippen LogP contribution >= 0.6 is 0 Å². The van der Waals surface area contributed by atoms with E-state index in [2.05, 4.69) is 9.88 Å². The molecule has 2 aliphatic heterocycles. The van der Waals surface area contributed by atoms with E-state index in [0.717, 1.165) is 28.9 Å². The van der Waals surface area contributed by atoms with E-state index in [-0.39, 0.29) is 19.1 Å². The number of nitrogens with zero attached hydrogens (tertiary/aromatic N) is 4. The van der Waals surface area contributed by atoms with Crippen molar-refractivity contribution >= 4 is 17.0 Å². The maximum absolute atomic E-state index is 13.8. The first kappa shape index (κ1) is 25.5. The Bertz CT molecular complexity index is 1410. The molecule has 1 unspecified atom stereocenters. The SMILES string of the molecule is COCC1(C(=O)N2CCc3ncc(C(F)(F)F)cc3C2)CCN(Cc2cc3oc(=O)n(C)c3cc2C)C1. The van der Waals surface area contributed by atoms with Crippen molar-refractivity contribution in [2.45, 2.75) is 39.0 Å². The lowest BCUT2D eigenvalue weighted by Crippen LogP contribution is -2.49. The van der Waals surface area contributed by atoms with Crippen LogP contribution in [0.25, 0.3) is 11.1 Å². The number of alkyl halides is 3. The number of hydrogen-bond acceptors (Lipinski definition) is 6. The number of hydrogen-bond donors (Lipinski definition) is 0. The summed E-state index contributed by atoms with van der Waals surface area (Å²) in [5.74, 6) is -0.528. The average molecular weight is 519 g/mol. The Hall–Kier alpha value is -3.18. The number of rotatable bonds is 5. The molecule has 0 aliphatic carbocycles. The minimum atomic E-state index is -4.49. The van der Waals surface area contributed by atoms with Gasteiger partial charge >= 0.3 is 11.9 Å². The van der Waals surface area contributed by atoms with Gasteiger partial charge in [-0.1, -0.05) is 0 Å². The molecule has 8 nitrogen and oxygen atoms in total. The Morgan fingerprint density at radius 2 is 2.03 bits per heavy atom. The third-order valence-electron chi connectivity index (χ3n) is 7.61. The second-order valence-electron chi connectivity index (χ2n) is 10.2. The van der Waals surface area contributed by atoms with E-state index < -0.39 is 22.9 Å². The van der Waals surface area contributed by atoms with Crippen LogP contribution in [0.2, 0.25) is 0 Å². The fourth-order valence-electron chi connectivity index (χ4n) is 5.54. The van der Waals surface area contributed by atoms with E-state index in [1.54, 1.807) is 19.1 Å². The third-order valence-corrected chi connectivity index (χ3v) is 7.61. The zero-order valence-corrected chi connectivity index (χ0v) is 21.0. The van der Waals surface area contributed by atoms with Gasteiger partial charge in [-0.3, -0.25) is 19.2 Å². The lowest BCUT2D eigenvalue weighted by atomic mass is 9.85. The van der Waals surface area contributed by atoms with Crippen LogP contribution in [0.15, 0.2) is 33.6 Å². The highest BCUT2D eigenvalue weighted by molar-refractivity contribution is 5.84. The second-order valence-corrected chi connectivity index (χ2v) is 10.2. The van der Waals surface area contributed by atoms with Crippen LogP contribution in [0.1, 0.15) is 34.4 Å². The van der Waals surface area contributed by atoms with Gasteiger partial charge in [-0.2, -0.15) is 13.2 Å². The molecule has 37 heavy (non-hydrogen) atoms. The number of halogens is 3. The summed E-state index contributed by atoms with van der Waals surface area (Å²) in [7, 11) is 3.22. The predicted octanol–water partition coefficient (Wildman–Crippen LogP) is 3.28. The summed E-state index contributed by atoms with van der Waals surface area (Å²) in [6.07, 6.45) is -2.64. The number of likely N-dealkylation sites (tertiary alicyclic amines) is 1. The number of fused-ring (bicyclic) bond motifs is 2. The Kier molecular flexibility index (Phi) is 6.39. The number of oxazole rings is 1. The van der Waals surface area contributed by atoms with Gasteiger partial charge in [0.1, 0.15) is 0 Å². The number of carbonyl (C=O) groups excluding carboxylic acids is 1. The van der Waals surface area contributed by atoms with Crippen LogP contribution < -0.4 is 5.76 Å². The van der Waals surface area contributed by atoms with Crippen LogP contribution in [-0.2, 0) is 42.3 Å². The molecule has 1 aromatic carbocycles. The second kappa shape index (κ2) is 9.29. The number of pyridine rings is 1. The van der Waals surface area contributed by atoms with Crippen LogP contribution in [-0.4, -0.2) is 58.6 Å². The molecule has 1 saturated heterocycles. The van der Waals surface area contributed by atoms with Crippen molar-refractivity contribution in [3.63, 3.8) is 0 Å². The number of amides is 1. The maximum atomic E-state index is 13.8. The maximum Gasteiger partial charge on any atom is 0.419 e. The minimum absolute atomic E-state index is 0.0966. The van der Waals surface area contributed by atoms with E-state index in [9.17, 15) is 22.8 Å². The molecule has 198 valence electrons. The number of aryl methyl sites for hydroxylation is 2. The highest BCUT2D eigenvalue weighted by Crippen LogP contribution is 2.37. The van der Waals surface area contributed by atoms with Crippen LogP contribution in [0.5, 0.6) is 0 Å². The molecule has 2 aliphatic rings. The summed E-state index contributed by atoms with van der Waals surface area (Å²) < 4.78 is 51.9. The van der Waals surface area contributed by atoms with Gasteiger partial charge < -0.3 is 14.1 Å². The quantitative estimate of drug-likeness (QED) is 0.516. The van der Waals surface area contributed by atoms with Gasteiger partial charge in [0, 0.05) is 58.6 Å². The molecular weight excluding hydrogens is 489 g/mol. The van der Waals surface area contributed by atoms with Crippen molar-refractivity contribution in [2.24, 2.45) is 12.5 Å². The lowest BCUT2D eigenvalue weighted by molar-refractivity contribution is -0.145. The van der Waals surface area contributed by atoms with Gasteiger partial charge in [-0.15, -0.1) is 0 Å². The van der Waals surface area contributed by atoms with Gasteiger partial charge in [0.2, 0.25) is 5.91 Å². The zero-order valence-electron chi connectivity index (χ0n) is 21.0. The van der Waals surface area contributed by atoms with E-state index in [1.807, 2.05) is 19.1 Å². The number of aromatic nitrogens is 2. The summed E-state index contributed by atoms with van der Waals surface area (Å²) in [6, 6.07) is 4.90. The van der Waals surface area contributed by atoms with Gasteiger partial charge in [-0.25, -0.2) is 4.79 Å². The molecule has 0 N–H and O–H groups in total. The van der Waals surface area contributed by atoms with Crippen LogP contribution in [0.4, 0.5) is 13.2 Å². The molecule has 0 spiro atoms. The Labute approximate surface area is 211 Å². The van der Waals surface area contributed by atoms with Crippen molar-refractivity contribution < 1.29 is 27.1 Å². The Balaban J connectivity index is 1.35. The van der Waals surface area contributed by atoms with Crippen molar-refractivity contribution in [3.8, 4) is 0 Å². The normalized spacial score (nSPS) is 20.5. The summed E-state index contributed by atoms with van der Waals surface area (Å²) in [4.78, 5) is 33.5. The van der Waals surface area contributed by atoms with Gasteiger partial charge in [0.25, 0.3) is 0 Å². The molecule has 0 bridgehead atoms. The zero-order chi connectivity index (χ0) is 26.5. The predicted molar refractivity (Wildman–Crippen MR) is 129 cm³/mol. The first-order chi connectivity index (χ1) is 17.5. The van der Waals surface area contributed by atoms with Gasteiger partial charge in [-0.05, 0) is 54.8 Å². The van der Waals surface area contributed by atoms with Crippen molar-refractivity contribution in [1.29, 1.82) is 0 Å². The molecule has 0 radical (unpaired) electrons. The highest BCUT2D eigenvalue weighted by atomic mass is 19.4. The Morgan fingerprint density at radius 3 is 2.76 bits per heavy atom. The number of methoxy groups -OCH3 is 1. The fourth-order valence-corrected chi connectivity index (χ4v) is 5.54. The van der Waals surface area contributed by atoms with Crippen molar-refractivity contribution in [1.82, 2.24) is 19.4 Å². The standard InChI is InChI=1S/C26H29F3N4O4/c1-16-8-21-22(37-24(35)31(21)2)10-17(16)12-32-7-5-25(14-32,15-36-3)23(34)33-6-4-20-18(13-33)9-19(11-30-20)26(27,28)29/h8-11H,4-7,12-15H2,1-3H3. The van der Waals surface area contributed by atoms with E-state index in [1.165, 1.54) is 4.57 Å². The molecule has 0 saturated carbocycles. The van der Waals surface area contributed by atoms with Gasteiger partial charge in [0.15, 0.2) is 5.58 Å². The molecule has 11 heteroatoms. The molecule has 5 rings (SSSR count). The summed E-state index contributed by atoms with van der Waals surface area (Å²) in [5.41, 5.74) is 2.70. The van der Waals surface area contributed by atoms with Crippen LogP contribution in [0.3, 0.4) is 0 Å². The van der Waals surface area contributed by atoms with E-state index >= 15 is 0 Å².